The lowest BCUT2D eigenvalue weighted by Crippen LogP contribution is -2.22. The van der Waals surface area contributed by atoms with Crippen LogP contribution in [0.2, 0.25) is 0 Å². The maximum atomic E-state index is 5.95. The quantitative estimate of drug-likeness (QED) is 0.178. The first-order chi connectivity index (χ1) is 15.6. The van der Waals surface area contributed by atoms with Gasteiger partial charge in [-0.2, -0.15) is 11.8 Å². The van der Waals surface area contributed by atoms with E-state index in [0.717, 1.165) is 56.0 Å². The first kappa shape index (κ1) is 29.2. The molecule has 0 spiro atoms. The zero-order valence-corrected chi connectivity index (χ0v) is 21.5. The van der Waals surface area contributed by atoms with Gasteiger partial charge in [-0.15, -0.1) is 0 Å². The number of hydrogen-bond acceptors (Lipinski definition) is 7. The van der Waals surface area contributed by atoms with Crippen LogP contribution in [0.5, 0.6) is 5.75 Å². The van der Waals surface area contributed by atoms with Crippen molar-refractivity contribution in [2.24, 2.45) is 0 Å². The Labute approximate surface area is 199 Å². The van der Waals surface area contributed by atoms with E-state index in [-0.39, 0.29) is 18.3 Å². The highest BCUT2D eigenvalue weighted by Gasteiger charge is 2.25. The van der Waals surface area contributed by atoms with Gasteiger partial charge in [-0.05, 0) is 61.0 Å². The lowest BCUT2D eigenvalue weighted by atomic mass is 9.76. The summed E-state index contributed by atoms with van der Waals surface area (Å²) >= 11 is 1.91. The summed E-state index contributed by atoms with van der Waals surface area (Å²) in [6.45, 7) is 7.31. The highest BCUT2D eigenvalue weighted by molar-refractivity contribution is 7.99. The van der Waals surface area contributed by atoms with Crippen molar-refractivity contribution in [1.29, 1.82) is 0 Å². The molecule has 0 aliphatic rings. The Bertz CT molecular complexity index is 556. The molecule has 6 nitrogen and oxygen atoms in total. The van der Waals surface area contributed by atoms with E-state index in [1.807, 2.05) is 23.9 Å². The Hall–Kier alpha value is -0.830. The Morgan fingerprint density at radius 1 is 0.875 bits per heavy atom. The summed E-state index contributed by atoms with van der Waals surface area (Å²) in [5.41, 5.74) is 1.49. The molecule has 0 amide bonds. The third-order valence-corrected chi connectivity index (χ3v) is 6.72. The van der Waals surface area contributed by atoms with Gasteiger partial charge >= 0.3 is 0 Å². The molecule has 0 heterocycles. The van der Waals surface area contributed by atoms with Crippen molar-refractivity contribution in [2.45, 2.75) is 57.5 Å². The summed E-state index contributed by atoms with van der Waals surface area (Å²) in [4.78, 5) is 0. The number of methoxy groups -OCH3 is 3. The molecule has 0 N–H and O–H groups in total. The summed E-state index contributed by atoms with van der Waals surface area (Å²) < 4.78 is 32.1. The van der Waals surface area contributed by atoms with Crippen molar-refractivity contribution in [2.75, 3.05) is 66.2 Å². The maximum Gasteiger partial charge on any atom is 0.188 e. The van der Waals surface area contributed by atoms with Gasteiger partial charge in [-0.25, -0.2) is 0 Å². The maximum absolute atomic E-state index is 5.95. The molecule has 0 aliphatic carbocycles. The lowest BCUT2D eigenvalue weighted by Gasteiger charge is -2.30. The minimum atomic E-state index is 0.139. The van der Waals surface area contributed by atoms with Crippen LogP contribution in [0, 0.1) is 0 Å². The summed E-state index contributed by atoms with van der Waals surface area (Å²) in [7, 11) is 5.00. The summed E-state index contributed by atoms with van der Waals surface area (Å²) in [6, 6.07) is 8.42. The normalized spacial score (nSPS) is 14.3. The second kappa shape index (κ2) is 18.6. The molecule has 1 aromatic carbocycles. The van der Waals surface area contributed by atoms with E-state index >= 15 is 0 Å². The zero-order chi connectivity index (χ0) is 23.5. The summed E-state index contributed by atoms with van der Waals surface area (Å²) in [5.74, 6) is 2.90. The number of rotatable bonds is 21. The van der Waals surface area contributed by atoms with Crippen LogP contribution in [-0.2, 0) is 29.1 Å². The highest BCUT2D eigenvalue weighted by Crippen LogP contribution is 2.34. The fourth-order valence-corrected chi connectivity index (χ4v) is 4.35. The predicted octanol–water partition coefficient (Wildman–Crippen LogP) is 5.28. The van der Waals surface area contributed by atoms with Crippen LogP contribution in [0.3, 0.4) is 0 Å². The molecule has 0 saturated heterocycles. The second-order valence-electron chi connectivity index (χ2n) is 8.08. The SMILES string of the molecule is CCC(C)(CCCC(CCSCCOCCOC)OCOC)c1ccc(OCOC)cc1. The molecule has 186 valence electrons. The largest absolute Gasteiger partial charge is 0.468 e. The Morgan fingerprint density at radius 2 is 1.62 bits per heavy atom. The molecule has 7 heteroatoms. The van der Waals surface area contributed by atoms with Crippen molar-refractivity contribution < 1.29 is 28.4 Å². The molecule has 0 aliphatic heterocycles. The van der Waals surface area contributed by atoms with Crippen LogP contribution >= 0.6 is 11.8 Å². The van der Waals surface area contributed by atoms with Gasteiger partial charge in [-0.3, -0.25) is 0 Å². The van der Waals surface area contributed by atoms with Crippen molar-refractivity contribution in [3.8, 4) is 5.75 Å². The van der Waals surface area contributed by atoms with Gasteiger partial charge in [0.15, 0.2) is 6.79 Å². The van der Waals surface area contributed by atoms with Crippen molar-refractivity contribution in [3.05, 3.63) is 29.8 Å². The van der Waals surface area contributed by atoms with Crippen molar-refractivity contribution >= 4 is 11.8 Å². The van der Waals surface area contributed by atoms with Crippen LogP contribution in [0.15, 0.2) is 24.3 Å². The monoisotopic (exact) mass is 472 g/mol. The molecular formula is C25H44O6S. The Balaban J connectivity index is 2.43. The standard InChI is InChI=1S/C25H44O6S/c1-6-25(2,22-9-11-24(12-10-22)31-21-28-5)14-7-8-23(30-20-27-4)13-18-32-19-17-29-16-15-26-3/h9-12,23H,6-8,13-21H2,1-5H3. The third-order valence-electron chi connectivity index (χ3n) is 5.74. The minimum Gasteiger partial charge on any atom is -0.468 e. The molecule has 0 aromatic heterocycles. The first-order valence-corrected chi connectivity index (χ1v) is 12.7. The van der Waals surface area contributed by atoms with Gasteiger partial charge < -0.3 is 28.4 Å². The molecule has 1 rings (SSSR count). The van der Waals surface area contributed by atoms with Crippen molar-refractivity contribution in [1.82, 2.24) is 0 Å². The fraction of sp³-hybridized carbons (Fsp3) is 0.760. The van der Waals surface area contributed by atoms with Crippen LogP contribution in [0.1, 0.15) is 51.5 Å². The average molecular weight is 473 g/mol. The molecule has 0 radical (unpaired) electrons. The minimum absolute atomic E-state index is 0.139. The summed E-state index contributed by atoms with van der Waals surface area (Å²) in [6.07, 6.45) is 5.62. The highest BCUT2D eigenvalue weighted by atomic mass is 32.2. The van der Waals surface area contributed by atoms with Gasteiger partial charge in [0.25, 0.3) is 0 Å². The molecule has 2 atom stereocenters. The van der Waals surface area contributed by atoms with Gasteiger partial charge in [0.2, 0.25) is 0 Å². The Morgan fingerprint density at radius 3 is 2.28 bits per heavy atom. The first-order valence-electron chi connectivity index (χ1n) is 11.6. The van der Waals surface area contributed by atoms with E-state index in [2.05, 4.69) is 26.0 Å². The van der Waals surface area contributed by atoms with Crippen molar-refractivity contribution in [3.63, 3.8) is 0 Å². The van der Waals surface area contributed by atoms with Crippen LogP contribution < -0.4 is 4.74 Å². The molecule has 1 aromatic rings. The molecular weight excluding hydrogens is 428 g/mol. The Kier molecular flexibility index (Phi) is 17.0. The van der Waals surface area contributed by atoms with E-state index < -0.39 is 0 Å². The number of ether oxygens (including phenoxy) is 6. The van der Waals surface area contributed by atoms with Crippen LogP contribution in [-0.4, -0.2) is 72.3 Å². The molecule has 0 bridgehead atoms. The van der Waals surface area contributed by atoms with E-state index in [0.29, 0.717) is 20.0 Å². The van der Waals surface area contributed by atoms with Crippen LogP contribution in [0.25, 0.3) is 0 Å². The zero-order valence-electron chi connectivity index (χ0n) is 20.7. The van der Waals surface area contributed by atoms with E-state index in [1.165, 1.54) is 5.56 Å². The van der Waals surface area contributed by atoms with Gasteiger partial charge in [-0.1, -0.05) is 26.0 Å². The van der Waals surface area contributed by atoms with E-state index in [9.17, 15) is 0 Å². The molecule has 2 unspecified atom stereocenters. The van der Waals surface area contributed by atoms with Gasteiger partial charge in [0.05, 0.1) is 25.9 Å². The number of hydrogen-bond donors (Lipinski definition) is 0. The lowest BCUT2D eigenvalue weighted by molar-refractivity contribution is -0.0754. The van der Waals surface area contributed by atoms with E-state index in [1.54, 1.807) is 21.3 Å². The second-order valence-corrected chi connectivity index (χ2v) is 9.31. The average Bonchev–Trinajstić information content (AvgIpc) is 2.82. The van der Waals surface area contributed by atoms with Crippen LogP contribution in [0.4, 0.5) is 0 Å². The van der Waals surface area contributed by atoms with E-state index in [4.69, 9.17) is 28.4 Å². The topological polar surface area (TPSA) is 55.4 Å². The number of benzene rings is 1. The predicted molar refractivity (Wildman–Crippen MR) is 132 cm³/mol. The molecule has 0 saturated carbocycles. The third kappa shape index (κ3) is 12.4. The van der Waals surface area contributed by atoms with Gasteiger partial charge in [0.1, 0.15) is 12.5 Å². The summed E-state index contributed by atoms with van der Waals surface area (Å²) in [5, 5.41) is 0. The smallest absolute Gasteiger partial charge is 0.188 e. The number of thioether (sulfide) groups is 1. The van der Waals surface area contributed by atoms with Gasteiger partial charge in [0, 0.05) is 27.1 Å². The fourth-order valence-electron chi connectivity index (χ4n) is 3.48. The molecule has 0 fully saturated rings. The molecule has 32 heavy (non-hydrogen) atoms.